The molecule has 0 radical (unpaired) electrons. The summed E-state index contributed by atoms with van der Waals surface area (Å²) in [4.78, 5) is -0.113. The van der Waals surface area contributed by atoms with E-state index in [1.54, 1.807) is 6.07 Å². The first kappa shape index (κ1) is 14.1. The highest BCUT2D eigenvalue weighted by molar-refractivity contribution is 7.89. The van der Waals surface area contributed by atoms with Gasteiger partial charge in [-0.3, -0.25) is 4.21 Å². The Morgan fingerprint density at radius 1 is 1.32 bits per heavy atom. The van der Waals surface area contributed by atoms with E-state index in [1.165, 1.54) is 4.31 Å². The van der Waals surface area contributed by atoms with E-state index in [2.05, 4.69) is 0 Å². The maximum absolute atomic E-state index is 13.2. The van der Waals surface area contributed by atoms with Gasteiger partial charge in [-0.2, -0.15) is 9.57 Å². The van der Waals surface area contributed by atoms with Crippen molar-refractivity contribution in [3.05, 3.63) is 29.6 Å². The minimum absolute atomic E-state index is 0.113. The predicted molar refractivity (Wildman–Crippen MR) is 67.8 cm³/mol. The molecule has 1 saturated heterocycles. The first-order valence-corrected chi connectivity index (χ1v) is 8.43. The summed E-state index contributed by atoms with van der Waals surface area (Å²) in [6.07, 6.45) is 0. The zero-order valence-electron chi connectivity index (χ0n) is 9.87. The zero-order chi connectivity index (χ0) is 14.0. The van der Waals surface area contributed by atoms with Gasteiger partial charge in [0, 0.05) is 35.4 Å². The number of hydrogen-bond acceptors (Lipinski definition) is 4. The molecule has 0 spiro atoms. The monoisotopic (exact) mass is 302 g/mol. The molecule has 5 nitrogen and oxygen atoms in total. The number of nitrogens with zero attached hydrogens (tertiary/aromatic N) is 2. The third kappa shape index (κ3) is 2.83. The van der Waals surface area contributed by atoms with Crippen LogP contribution >= 0.6 is 0 Å². The van der Waals surface area contributed by atoms with Crippen molar-refractivity contribution in [1.29, 1.82) is 5.26 Å². The van der Waals surface area contributed by atoms with E-state index in [1.807, 2.05) is 0 Å². The zero-order valence-corrected chi connectivity index (χ0v) is 11.5. The Kier molecular flexibility index (Phi) is 3.99. The summed E-state index contributed by atoms with van der Waals surface area (Å²) < 4.78 is 50.1. The van der Waals surface area contributed by atoms with Crippen LogP contribution in [0.25, 0.3) is 0 Å². The van der Waals surface area contributed by atoms with Gasteiger partial charge in [-0.1, -0.05) is 0 Å². The molecule has 2 rings (SSSR count). The lowest BCUT2D eigenvalue weighted by Crippen LogP contribution is -2.41. The minimum atomic E-state index is -3.75. The Balaban J connectivity index is 2.35. The summed E-state index contributed by atoms with van der Waals surface area (Å²) in [5.41, 5.74) is -0.304. The van der Waals surface area contributed by atoms with Crippen LogP contribution in [0, 0.1) is 17.1 Å². The Morgan fingerprint density at radius 2 is 1.95 bits per heavy atom. The number of nitriles is 1. The van der Waals surface area contributed by atoms with E-state index in [9.17, 15) is 17.0 Å². The highest BCUT2D eigenvalue weighted by Crippen LogP contribution is 2.20. The molecule has 19 heavy (non-hydrogen) atoms. The van der Waals surface area contributed by atoms with Gasteiger partial charge in [-0.15, -0.1) is 0 Å². The first-order valence-electron chi connectivity index (χ1n) is 5.50. The summed E-state index contributed by atoms with van der Waals surface area (Å²) in [5, 5.41) is 8.72. The molecule has 1 aromatic rings. The third-order valence-electron chi connectivity index (χ3n) is 2.83. The molecule has 1 heterocycles. The average molecular weight is 302 g/mol. The van der Waals surface area contributed by atoms with Crippen molar-refractivity contribution in [2.24, 2.45) is 0 Å². The summed E-state index contributed by atoms with van der Waals surface area (Å²) in [5.74, 6) is -0.155. The van der Waals surface area contributed by atoms with Gasteiger partial charge in [0.15, 0.2) is 0 Å². The maximum Gasteiger partial charge on any atom is 0.243 e. The van der Waals surface area contributed by atoms with Crippen molar-refractivity contribution in [2.45, 2.75) is 4.90 Å². The fourth-order valence-electron chi connectivity index (χ4n) is 1.76. The standard InChI is InChI=1S/C11H11FN2O3S2/c12-11-2-1-10(7-9(11)8-13)19(16,17)14-3-5-18(15)6-4-14/h1-2,7H,3-6H2. The van der Waals surface area contributed by atoms with Gasteiger partial charge in [0.1, 0.15) is 11.9 Å². The smallest absolute Gasteiger partial charge is 0.243 e. The number of hydrogen-bond donors (Lipinski definition) is 0. The van der Waals surface area contributed by atoms with Crippen LogP contribution in [0.15, 0.2) is 23.1 Å². The molecular weight excluding hydrogens is 291 g/mol. The molecule has 0 aromatic heterocycles. The van der Waals surface area contributed by atoms with Crippen molar-refractivity contribution in [1.82, 2.24) is 4.31 Å². The lowest BCUT2D eigenvalue weighted by atomic mass is 10.2. The fraction of sp³-hybridized carbons (Fsp3) is 0.364. The van der Waals surface area contributed by atoms with Gasteiger partial charge in [0.2, 0.25) is 10.0 Å². The highest BCUT2D eigenvalue weighted by Gasteiger charge is 2.28. The van der Waals surface area contributed by atoms with E-state index in [0.29, 0.717) is 11.5 Å². The van der Waals surface area contributed by atoms with E-state index in [4.69, 9.17) is 5.26 Å². The maximum atomic E-state index is 13.2. The molecule has 0 aliphatic carbocycles. The Labute approximate surface area is 113 Å². The molecule has 0 unspecified atom stereocenters. The molecular formula is C11H11FN2O3S2. The molecule has 1 aromatic carbocycles. The summed E-state index contributed by atoms with van der Waals surface area (Å²) in [7, 11) is -4.73. The molecule has 0 atom stereocenters. The fourth-order valence-corrected chi connectivity index (χ4v) is 4.51. The number of halogens is 1. The van der Waals surface area contributed by atoms with E-state index in [0.717, 1.165) is 18.2 Å². The van der Waals surface area contributed by atoms with Gasteiger partial charge in [-0.25, -0.2) is 12.8 Å². The molecule has 1 fully saturated rings. The van der Waals surface area contributed by atoms with Crippen LogP contribution in [0.5, 0.6) is 0 Å². The van der Waals surface area contributed by atoms with Crippen LogP contribution < -0.4 is 0 Å². The van der Waals surface area contributed by atoms with Crippen LogP contribution in [0.3, 0.4) is 0 Å². The van der Waals surface area contributed by atoms with Crippen molar-refractivity contribution >= 4 is 20.8 Å². The second-order valence-corrected chi connectivity index (χ2v) is 7.64. The average Bonchev–Trinajstić information content (AvgIpc) is 2.39. The van der Waals surface area contributed by atoms with Crippen LogP contribution in [0.1, 0.15) is 5.56 Å². The molecule has 102 valence electrons. The molecule has 0 saturated carbocycles. The van der Waals surface area contributed by atoms with Crippen molar-refractivity contribution in [3.63, 3.8) is 0 Å². The van der Waals surface area contributed by atoms with Gasteiger partial charge in [0.05, 0.1) is 10.5 Å². The van der Waals surface area contributed by atoms with E-state index < -0.39 is 26.6 Å². The number of rotatable bonds is 2. The van der Waals surface area contributed by atoms with Crippen LogP contribution in [-0.2, 0) is 20.8 Å². The lowest BCUT2D eigenvalue weighted by molar-refractivity contribution is 0.438. The SMILES string of the molecule is N#Cc1cc(S(=O)(=O)N2CCS(=O)CC2)ccc1F. The van der Waals surface area contributed by atoms with Crippen molar-refractivity contribution < 1.29 is 17.0 Å². The Hall–Kier alpha value is -1.30. The Morgan fingerprint density at radius 3 is 2.53 bits per heavy atom. The largest absolute Gasteiger partial charge is 0.259 e. The van der Waals surface area contributed by atoms with Crippen LogP contribution in [0.4, 0.5) is 4.39 Å². The molecule has 1 aliphatic heterocycles. The molecule has 0 N–H and O–H groups in total. The van der Waals surface area contributed by atoms with E-state index >= 15 is 0 Å². The van der Waals surface area contributed by atoms with E-state index in [-0.39, 0.29) is 23.5 Å². The Bertz CT molecular complexity index is 657. The normalized spacial score (nSPS) is 18.1. The molecule has 0 bridgehead atoms. The lowest BCUT2D eigenvalue weighted by Gasteiger charge is -2.25. The van der Waals surface area contributed by atoms with Gasteiger partial charge < -0.3 is 0 Å². The summed E-state index contributed by atoms with van der Waals surface area (Å²) in [6, 6.07) is 4.74. The predicted octanol–water partition coefficient (Wildman–Crippen LogP) is 0.450. The van der Waals surface area contributed by atoms with Crippen LogP contribution in [-0.4, -0.2) is 41.5 Å². The third-order valence-corrected chi connectivity index (χ3v) is 6.00. The quantitative estimate of drug-likeness (QED) is 0.794. The number of benzene rings is 1. The molecule has 1 aliphatic rings. The van der Waals surface area contributed by atoms with Crippen molar-refractivity contribution in [3.8, 4) is 6.07 Å². The van der Waals surface area contributed by atoms with Gasteiger partial charge in [0.25, 0.3) is 0 Å². The molecule has 8 heteroatoms. The topological polar surface area (TPSA) is 78.2 Å². The van der Waals surface area contributed by atoms with Gasteiger partial charge >= 0.3 is 0 Å². The van der Waals surface area contributed by atoms with Crippen LogP contribution in [0.2, 0.25) is 0 Å². The highest BCUT2D eigenvalue weighted by atomic mass is 32.2. The second kappa shape index (κ2) is 5.36. The minimum Gasteiger partial charge on any atom is -0.259 e. The summed E-state index contributed by atoms with van der Waals surface area (Å²) >= 11 is 0. The van der Waals surface area contributed by atoms with Gasteiger partial charge in [-0.05, 0) is 18.2 Å². The number of sulfonamides is 1. The molecule has 0 amide bonds. The first-order chi connectivity index (χ1) is 8.95. The summed E-state index contributed by atoms with van der Waals surface area (Å²) in [6.45, 7) is 0.350. The van der Waals surface area contributed by atoms with Crippen molar-refractivity contribution in [2.75, 3.05) is 24.6 Å². The second-order valence-electron chi connectivity index (χ2n) is 4.01.